The largest absolute Gasteiger partial charge is 0.350 e. The van der Waals surface area contributed by atoms with Crippen LogP contribution in [-0.2, 0) is 20.6 Å². The van der Waals surface area contributed by atoms with Crippen molar-refractivity contribution in [3.8, 4) is 0 Å². The number of aromatic nitrogens is 4. The minimum absolute atomic E-state index is 0.0384. The Labute approximate surface area is 152 Å². The molecule has 0 radical (unpaired) electrons. The van der Waals surface area contributed by atoms with Crippen LogP contribution in [0.4, 0.5) is 5.82 Å². The van der Waals surface area contributed by atoms with Crippen LogP contribution in [-0.4, -0.2) is 38.2 Å². The fourth-order valence-electron chi connectivity index (χ4n) is 3.63. The van der Waals surface area contributed by atoms with Crippen LogP contribution >= 0.6 is 0 Å². The summed E-state index contributed by atoms with van der Waals surface area (Å²) < 4.78 is 3.72. The summed E-state index contributed by atoms with van der Waals surface area (Å²) in [5, 5.41) is 3.61. The van der Waals surface area contributed by atoms with Gasteiger partial charge in [0, 0.05) is 45.6 Å². The van der Waals surface area contributed by atoms with E-state index in [1.165, 1.54) is 0 Å². The lowest BCUT2D eigenvalue weighted by molar-refractivity contribution is 0.413. The summed E-state index contributed by atoms with van der Waals surface area (Å²) >= 11 is 0. The maximum atomic E-state index is 12.3. The molecule has 7 heteroatoms. The maximum Gasteiger partial charge on any atom is 0.293 e. The standard InChI is InChI=1S/C19H24N6O/c1-23-11-9-20-18(19(23)26)25-10-5-6-14(13-25)21-12-17-22-15-7-3-4-8-16(15)24(17)2/h3-4,7-9,11,14,21H,5-6,10,12-13H2,1-2H3/t14-/m0/s1. The molecule has 1 aliphatic rings. The van der Waals surface area contributed by atoms with Crippen molar-refractivity contribution in [2.45, 2.75) is 25.4 Å². The van der Waals surface area contributed by atoms with E-state index in [0.29, 0.717) is 18.4 Å². The van der Waals surface area contributed by atoms with Crippen molar-refractivity contribution in [1.82, 2.24) is 24.4 Å². The molecule has 3 aromatic rings. The number of hydrogen-bond donors (Lipinski definition) is 1. The highest BCUT2D eigenvalue weighted by Gasteiger charge is 2.23. The second-order valence-corrected chi connectivity index (χ2v) is 6.91. The number of nitrogens with one attached hydrogen (secondary N) is 1. The lowest BCUT2D eigenvalue weighted by Gasteiger charge is -2.33. The second kappa shape index (κ2) is 6.92. The van der Waals surface area contributed by atoms with Crippen LogP contribution < -0.4 is 15.8 Å². The molecule has 26 heavy (non-hydrogen) atoms. The van der Waals surface area contributed by atoms with Gasteiger partial charge in [0.15, 0.2) is 5.82 Å². The van der Waals surface area contributed by atoms with Gasteiger partial charge >= 0.3 is 0 Å². The lowest BCUT2D eigenvalue weighted by atomic mass is 10.1. The van der Waals surface area contributed by atoms with Crippen LogP contribution in [0.3, 0.4) is 0 Å². The van der Waals surface area contributed by atoms with Gasteiger partial charge in [0.05, 0.1) is 17.6 Å². The molecule has 2 aromatic heterocycles. The zero-order valence-corrected chi connectivity index (χ0v) is 15.2. The number of piperidine rings is 1. The zero-order chi connectivity index (χ0) is 18.1. The Kier molecular flexibility index (Phi) is 4.46. The average molecular weight is 352 g/mol. The number of anilines is 1. The van der Waals surface area contributed by atoms with Gasteiger partial charge in [0.2, 0.25) is 0 Å². The molecule has 1 N–H and O–H groups in total. The van der Waals surface area contributed by atoms with E-state index >= 15 is 0 Å². The van der Waals surface area contributed by atoms with Gasteiger partial charge in [-0.15, -0.1) is 0 Å². The third-order valence-corrected chi connectivity index (χ3v) is 5.15. The van der Waals surface area contributed by atoms with E-state index in [0.717, 1.165) is 42.8 Å². The summed E-state index contributed by atoms with van der Waals surface area (Å²) in [6, 6.07) is 8.49. The van der Waals surface area contributed by atoms with Crippen molar-refractivity contribution < 1.29 is 0 Å². The number of para-hydroxylation sites is 2. The Bertz CT molecular complexity index is 976. The molecule has 0 spiro atoms. The predicted octanol–water partition coefficient (Wildman–Crippen LogP) is 1.43. The number of imidazole rings is 1. The first-order valence-electron chi connectivity index (χ1n) is 9.04. The van der Waals surface area contributed by atoms with E-state index in [4.69, 9.17) is 4.98 Å². The first-order valence-corrected chi connectivity index (χ1v) is 9.04. The van der Waals surface area contributed by atoms with Gasteiger partial charge in [0.25, 0.3) is 5.56 Å². The van der Waals surface area contributed by atoms with E-state index < -0.39 is 0 Å². The number of nitrogens with zero attached hydrogens (tertiary/aromatic N) is 5. The highest BCUT2D eigenvalue weighted by Crippen LogP contribution is 2.17. The van der Waals surface area contributed by atoms with Crippen LogP contribution in [0.5, 0.6) is 0 Å². The van der Waals surface area contributed by atoms with Gasteiger partial charge in [0.1, 0.15) is 5.82 Å². The Morgan fingerprint density at radius 3 is 2.96 bits per heavy atom. The molecule has 0 bridgehead atoms. The quantitative estimate of drug-likeness (QED) is 0.769. The summed E-state index contributed by atoms with van der Waals surface area (Å²) in [5.41, 5.74) is 2.13. The summed E-state index contributed by atoms with van der Waals surface area (Å²) in [5.74, 6) is 1.57. The SMILES string of the molecule is Cn1ccnc(N2CCC[C@H](NCc3nc4ccccc4n3C)C2)c1=O. The molecule has 3 heterocycles. The predicted molar refractivity (Wildman–Crippen MR) is 102 cm³/mol. The fourth-order valence-corrected chi connectivity index (χ4v) is 3.63. The normalized spacial score (nSPS) is 17.8. The van der Waals surface area contributed by atoms with Gasteiger partial charge in [-0.3, -0.25) is 4.79 Å². The van der Waals surface area contributed by atoms with Crippen molar-refractivity contribution in [2.24, 2.45) is 14.1 Å². The van der Waals surface area contributed by atoms with E-state index in [9.17, 15) is 4.79 Å². The molecule has 136 valence electrons. The van der Waals surface area contributed by atoms with Crippen molar-refractivity contribution in [1.29, 1.82) is 0 Å². The summed E-state index contributed by atoms with van der Waals surface area (Å²) in [6.45, 7) is 2.37. The van der Waals surface area contributed by atoms with E-state index in [1.54, 1.807) is 24.0 Å². The molecule has 7 nitrogen and oxygen atoms in total. The zero-order valence-electron chi connectivity index (χ0n) is 15.2. The highest BCUT2D eigenvalue weighted by molar-refractivity contribution is 5.75. The number of fused-ring (bicyclic) bond motifs is 1. The third-order valence-electron chi connectivity index (χ3n) is 5.15. The molecule has 1 atom stereocenters. The molecule has 0 aliphatic carbocycles. The molecule has 1 aromatic carbocycles. The van der Waals surface area contributed by atoms with Crippen molar-refractivity contribution in [3.05, 3.63) is 52.8 Å². The number of rotatable bonds is 4. The Morgan fingerprint density at radius 2 is 2.12 bits per heavy atom. The van der Waals surface area contributed by atoms with Gasteiger partial charge < -0.3 is 19.4 Å². The molecule has 1 fully saturated rings. The Balaban J connectivity index is 1.46. The fraction of sp³-hybridized carbons (Fsp3) is 0.421. The lowest BCUT2D eigenvalue weighted by Crippen LogP contribution is -2.47. The number of hydrogen-bond acceptors (Lipinski definition) is 5. The van der Waals surface area contributed by atoms with E-state index in [-0.39, 0.29) is 5.56 Å². The molecular formula is C19H24N6O. The smallest absolute Gasteiger partial charge is 0.293 e. The van der Waals surface area contributed by atoms with Gasteiger partial charge in [-0.1, -0.05) is 12.1 Å². The molecular weight excluding hydrogens is 328 g/mol. The molecule has 0 amide bonds. The van der Waals surface area contributed by atoms with Crippen LogP contribution in [0.1, 0.15) is 18.7 Å². The number of aryl methyl sites for hydroxylation is 2. The number of benzene rings is 1. The topological polar surface area (TPSA) is 68.0 Å². The average Bonchev–Trinajstić information content (AvgIpc) is 2.99. The van der Waals surface area contributed by atoms with Crippen LogP contribution in [0.25, 0.3) is 11.0 Å². The minimum atomic E-state index is -0.0384. The monoisotopic (exact) mass is 352 g/mol. The first-order chi connectivity index (χ1) is 12.6. The van der Waals surface area contributed by atoms with Crippen molar-refractivity contribution in [3.63, 3.8) is 0 Å². The highest BCUT2D eigenvalue weighted by atomic mass is 16.1. The van der Waals surface area contributed by atoms with Gasteiger partial charge in [-0.05, 0) is 25.0 Å². The third kappa shape index (κ3) is 3.10. The summed E-state index contributed by atoms with van der Waals surface area (Å²) in [4.78, 5) is 23.4. The Hall–Kier alpha value is -2.67. The molecule has 1 aliphatic heterocycles. The maximum absolute atomic E-state index is 12.3. The van der Waals surface area contributed by atoms with Crippen molar-refractivity contribution in [2.75, 3.05) is 18.0 Å². The van der Waals surface area contributed by atoms with Crippen LogP contribution in [0, 0.1) is 0 Å². The van der Waals surface area contributed by atoms with E-state index in [2.05, 4.69) is 32.9 Å². The molecule has 0 saturated carbocycles. The van der Waals surface area contributed by atoms with Crippen molar-refractivity contribution >= 4 is 16.9 Å². The minimum Gasteiger partial charge on any atom is -0.350 e. The summed E-state index contributed by atoms with van der Waals surface area (Å²) in [7, 11) is 3.82. The van der Waals surface area contributed by atoms with E-state index in [1.807, 2.05) is 18.2 Å². The molecule has 0 unspecified atom stereocenters. The molecule has 1 saturated heterocycles. The second-order valence-electron chi connectivity index (χ2n) is 6.91. The first kappa shape index (κ1) is 16.8. The van der Waals surface area contributed by atoms with Crippen LogP contribution in [0.2, 0.25) is 0 Å². The van der Waals surface area contributed by atoms with Gasteiger partial charge in [-0.2, -0.15) is 0 Å². The molecule has 4 rings (SSSR count). The summed E-state index contributed by atoms with van der Waals surface area (Å²) in [6.07, 6.45) is 5.51. The van der Waals surface area contributed by atoms with Crippen LogP contribution in [0.15, 0.2) is 41.5 Å². The Morgan fingerprint density at radius 1 is 1.27 bits per heavy atom. The van der Waals surface area contributed by atoms with Gasteiger partial charge in [-0.25, -0.2) is 9.97 Å².